The Morgan fingerprint density at radius 2 is 1.76 bits per heavy atom. The SMILES string of the molecule is Cc1ccc(-n2nc(C(C)(C)C)cc2NC(=O)Nc2ccc(-c3cccc(Cn4ccnc4)n3)c3ccccc23)cn1. The Balaban J connectivity index is 1.29. The fraction of sp³-hybridized carbons (Fsp3) is 0.182. The van der Waals surface area contributed by atoms with E-state index >= 15 is 0 Å². The predicted molar refractivity (Wildman–Crippen MR) is 166 cm³/mol. The molecule has 0 radical (unpaired) electrons. The zero-order valence-electron chi connectivity index (χ0n) is 24.0. The van der Waals surface area contributed by atoms with Crippen molar-refractivity contribution in [2.75, 3.05) is 10.6 Å². The summed E-state index contributed by atoms with van der Waals surface area (Å²) in [6, 6.07) is 23.4. The topological polar surface area (TPSA) is 103 Å². The van der Waals surface area contributed by atoms with Crippen LogP contribution in [0.4, 0.5) is 16.3 Å². The van der Waals surface area contributed by atoms with Crippen LogP contribution in [0.1, 0.15) is 37.9 Å². The smallest absolute Gasteiger partial charge is 0.324 e. The molecule has 4 heterocycles. The number of pyridine rings is 2. The Morgan fingerprint density at radius 3 is 2.50 bits per heavy atom. The summed E-state index contributed by atoms with van der Waals surface area (Å²) < 4.78 is 3.71. The maximum absolute atomic E-state index is 13.4. The number of carbonyl (C=O) groups is 1. The summed E-state index contributed by atoms with van der Waals surface area (Å²) in [6.07, 6.45) is 7.21. The molecule has 0 spiro atoms. The lowest BCUT2D eigenvalue weighted by Crippen LogP contribution is -2.21. The van der Waals surface area contributed by atoms with Gasteiger partial charge in [-0.2, -0.15) is 5.10 Å². The van der Waals surface area contributed by atoms with Gasteiger partial charge in [0.1, 0.15) is 5.82 Å². The standard InChI is InChI=1S/C33H32N8O/c1-22-12-13-24(19-35-22)41-31(18-30(39-41)33(2,3)4)38-32(42)37-29-15-14-27(25-9-5-6-10-26(25)29)28-11-7-8-23(36-28)20-40-17-16-34-21-40/h5-19,21H,20H2,1-4H3,(H2,37,38,42). The number of urea groups is 1. The molecule has 6 aromatic rings. The summed E-state index contributed by atoms with van der Waals surface area (Å²) in [6.45, 7) is 8.84. The van der Waals surface area contributed by atoms with Gasteiger partial charge >= 0.3 is 6.03 Å². The molecule has 0 bridgehead atoms. The van der Waals surface area contributed by atoms with Crippen LogP contribution >= 0.6 is 0 Å². The van der Waals surface area contributed by atoms with Crippen molar-refractivity contribution in [1.29, 1.82) is 0 Å². The van der Waals surface area contributed by atoms with Gasteiger partial charge in [-0.1, -0.05) is 57.2 Å². The van der Waals surface area contributed by atoms with Gasteiger partial charge in [-0.15, -0.1) is 0 Å². The van der Waals surface area contributed by atoms with Crippen molar-refractivity contribution in [3.8, 4) is 16.9 Å². The van der Waals surface area contributed by atoms with Crippen molar-refractivity contribution in [3.63, 3.8) is 0 Å². The Labute approximate surface area is 244 Å². The fourth-order valence-electron chi connectivity index (χ4n) is 4.81. The van der Waals surface area contributed by atoms with E-state index in [4.69, 9.17) is 10.1 Å². The average Bonchev–Trinajstić information content (AvgIpc) is 3.64. The molecule has 0 atom stereocenters. The minimum atomic E-state index is -0.366. The second-order valence-corrected chi connectivity index (χ2v) is 11.3. The number of nitrogens with one attached hydrogen (secondary N) is 2. The van der Waals surface area contributed by atoms with Crippen molar-refractivity contribution < 1.29 is 4.79 Å². The number of hydrogen-bond donors (Lipinski definition) is 2. The molecule has 2 amide bonds. The van der Waals surface area contributed by atoms with Gasteiger partial charge in [-0.3, -0.25) is 15.3 Å². The largest absolute Gasteiger partial charge is 0.331 e. The molecule has 2 aromatic carbocycles. The Bertz CT molecular complexity index is 1870. The third kappa shape index (κ3) is 5.62. The van der Waals surface area contributed by atoms with E-state index in [-0.39, 0.29) is 11.4 Å². The van der Waals surface area contributed by atoms with Gasteiger partial charge < -0.3 is 9.88 Å². The van der Waals surface area contributed by atoms with E-state index in [9.17, 15) is 4.79 Å². The normalized spacial score (nSPS) is 11.5. The maximum Gasteiger partial charge on any atom is 0.324 e. The van der Waals surface area contributed by atoms with Crippen LogP contribution < -0.4 is 10.6 Å². The molecule has 9 nitrogen and oxygen atoms in total. The zero-order chi connectivity index (χ0) is 29.3. The van der Waals surface area contributed by atoms with Crippen LogP contribution in [0.25, 0.3) is 27.7 Å². The highest BCUT2D eigenvalue weighted by molar-refractivity contribution is 6.09. The number of aromatic nitrogens is 6. The van der Waals surface area contributed by atoms with E-state index in [1.54, 1.807) is 23.4 Å². The molecule has 2 N–H and O–H groups in total. The van der Waals surface area contributed by atoms with E-state index in [0.717, 1.165) is 44.8 Å². The second-order valence-electron chi connectivity index (χ2n) is 11.3. The molecular weight excluding hydrogens is 524 g/mol. The summed E-state index contributed by atoms with van der Waals surface area (Å²) in [5.41, 5.74) is 5.82. The lowest BCUT2D eigenvalue weighted by atomic mass is 9.92. The summed E-state index contributed by atoms with van der Waals surface area (Å²) >= 11 is 0. The zero-order valence-corrected chi connectivity index (χ0v) is 24.0. The molecule has 0 fully saturated rings. The van der Waals surface area contributed by atoms with E-state index < -0.39 is 0 Å². The van der Waals surface area contributed by atoms with Crippen LogP contribution in [0.2, 0.25) is 0 Å². The number of benzene rings is 2. The maximum atomic E-state index is 13.4. The highest BCUT2D eigenvalue weighted by Crippen LogP contribution is 2.33. The summed E-state index contributed by atoms with van der Waals surface area (Å²) in [7, 11) is 0. The summed E-state index contributed by atoms with van der Waals surface area (Å²) in [5, 5.41) is 12.8. The first-order valence-corrected chi connectivity index (χ1v) is 13.8. The monoisotopic (exact) mass is 556 g/mol. The van der Waals surface area contributed by atoms with Gasteiger partial charge in [0.15, 0.2) is 0 Å². The van der Waals surface area contributed by atoms with Gasteiger partial charge in [0.2, 0.25) is 0 Å². The summed E-state index contributed by atoms with van der Waals surface area (Å²) in [5.74, 6) is 0.558. The second kappa shape index (κ2) is 10.9. The Kier molecular flexibility index (Phi) is 7.00. The van der Waals surface area contributed by atoms with Gasteiger partial charge in [-0.25, -0.2) is 14.5 Å². The number of nitrogens with zero attached hydrogens (tertiary/aromatic N) is 6. The highest BCUT2D eigenvalue weighted by Gasteiger charge is 2.22. The fourth-order valence-corrected chi connectivity index (χ4v) is 4.81. The minimum Gasteiger partial charge on any atom is -0.331 e. The number of fused-ring (bicyclic) bond motifs is 1. The quantitative estimate of drug-likeness (QED) is 0.230. The molecule has 42 heavy (non-hydrogen) atoms. The molecule has 0 aliphatic carbocycles. The van der Waals surface area contributed by atoms with E-state index in [0.29, 0.717) is 18.1 Å². The van der Waals surface area contributed by atoms with Crippen LogP contribution in [0.15, 0.2) is 97.7 Å². The first kappa shape index (κ1) is 26.9. The van der Waals surface area contributed by atoms with Crippen molar-refractivity contribution in [2.24, 2.45) is 0 Å². The van der Waals surface area contributed by atoms with Crippen molar-refractivity contribution in [3.05, 3.63) is 115 Å². The van der Waals surface area contributed by atoms with Gasteiger partial charge in [-0.05, 0) is 42.6 Å². The van der Waals surface area contributed by atoms with E-state index in [2.05, 4.69) is 41.4 Å². The number of amides is 2. The van der Waals surface area contributed by atoms with Crippen LogP contribution in [0.5, 0.6) is 0 Å². The third-order valence-corrected chi connectivity index (χ3v) is 7.02. The average molecular weight is 557 g/mol. The molecule has 0 saturated carbocycles. The van der Waals surface area contributed by atoms with Crippen molar-refractivity contribution >= 4 is 28.3 Å². The van der Waals surface area contributed by atoms with Gasteiger partial charge in [0.25, 0.3) is 0 Å². The van der Waals surface area contributed by atoms with Crippen LogP contribution in [-0.4, -0.2) is 35.3 Å². The van der Waals surface area contributed by atoms with Crippen LogP contribution in [0, 0.1) is 6.92 Å². The Morgan fingerprint density at radius 1 is 0.929 bits per heavy atom. The third-order valence-electron chi connectivity index (χ3n) is 7.02. The van der Waals surface area contributed by atoms with E-state index in [1.165, 1.54) is 0 Å². The molecule has 6 rings (SSSR count). The number of anilines is 2. The predicted octanol–water partition coefficient (Wildman–Crippen LogP) is 6.98. The number of aryl methyl sites for hydroxylation is 1. The van der Waals surface area contributed by atoms with Crippen LogP contribution in [0.3, 0.4) is 0 Å². The molecule has 0 unspecified atom stereocenters. The molecular formula is C33H32N8O. The van der Waals surface area contributed by atoms with Gasteiger partial charge in [0.05, 0.1) is 47.5 Å². The Hall–Kier alpha value is -5.31. The van der Waals surface area contributed by atoms with Crippen molar-refractivity contribution in [1.82, 2.24) is 29.3 Å². The van der Waals surface area contributed by atoms with Crippen LogP contribution in [-0.2, 0) is 12.0 Å². The molecule has 0 aliphatic rings. The summed E-state index contributed by atoms with van der Waals surface area (Å²) in [4.78, 5) is 26.8. The minimum absolute atomic E-state index is 0.202. The number of carbonyl (C=O) groups excluding carboxylic acids is 1. The highest BCUT2D eigenvalue weighted by atomic mass is 16.2. The molecule has 0 saturated heterocycles. The molecule has 0 aliphatic heterocycles. The molecule has 4 aromatic heterocycles. The lowest BCUT2D eigenvalue weighted by Gasteiger charge is -2.14. The van der Waals surface area contributed by atoms with Gasteiger partial charge in [0, 0.05) is 40.5 Å². The first-order valence-electron chi connectivity index (χ1n) is 13.8. The number of hydrogen-bond acceptors (Lipinski definition) is 5. The van der Waals surface area contributed by atoms with Crippen molar-refractivity contribution in [2.45, 2.75) is 39.7 Å². The molecule has 210 valence electrons. The lowest BCUT2D eigenvalue weighted by molar-refractivity contribution is 0.262. The first-order chi connectivity index (χ1) is 20.2. The number of rotatable bonds is 6. The molecule has 9 heteroatoms. The van der Waals surface area contributed by atoms with E-state index in [1.807, 2.05) is 90.5 Å². The number of imidazole rings is 1.